The Labute approximate surface area is 457 Å². The van der Waals surface area contributed by atoms with Crippen LogP contribution in [0.15, 0.2) is 152 Å². The fraction of sp³-hybridized carbons (Fsp3) is 0.397. The number of morpholine rings is 2. The third-order valence-electron chi connectivity index (χ3n) is 14.3. The predicted octanol–water partition coefficient (Wildman–Crippen LogP) is 10.3. The first-order valence-electron chi connectivity index (χ1n) is 27.3. The summed E-state index contributed by atoms with van der Waals surface area (Å²) in [6.07, 6.45) is 7.05. The van der Waals surface area contributed by atoms with Gasteiger partial charge in [-0.05, 0) is 107 Å². The topological polar surface area (TPSA) is 153 Å². The number of ether oxygens (including phenoxy) is 2. The van der Waals surface area contributed by atoms with E-state index >= 15 is 0 Å². The largest absolute Gasteiger partial charge is 0.379 e. The number of benzene rings is 6. The van der Waals surface area contributed by atoms with Crippen molar-refractivity contribution in [1.82, 2.24) is 40.2 Å². The van der Waals surface area contributed by atoms with Crippen LogP contribution in [-0.2, 0) is 35.4 Å². The minimum Gasteiger partial charge on any atom is -0.379 e. The molecule has 2 aliphatic heterocycles. The zero-order chi connectivity index (χ0) is 52.7. The van der Waals surface area contributed by atoms with Crippen LogP contribution >= 0.6 is 0 Å². The minimum atomic E-state index is -0.112. The maximum Gasteiger partial charge on any atom is 0.318 e. The van der Waals surface area contributed by atoms with Crippen LogP contribution in [0.2, 0.25) is 0 Å². The van der Waals surface area contributed by atoms with Crippen LogP contribution in [0.3, 0.4) is 0 Å². The molecule has 5 N–H and O–H groups in total. The van der Waals surface area contributed by atoms with E-state index in [2.05, 4.69) is 159 Å². The fourth-order valence-corrected chi connectivity index (χ4v) is 10.0. The summed E-state index contributed by atoms with van der Waals surface area (Å²) in [4.78, 5) is 44.3. The molecule has 1 aromatic heterocycles. The van der Waals surface area contributed by atoms with Crippen molar-refractivity contribution in [3.8, 4) is 0 Å². The number of hydrogen-bond acceptors (Lipinski definition) is 10. The lowest BCUT2D eigenvalue weighted by Crippen LogP contribution is -2.43. The molecular formula is C63H82N10O4. The van der Waals surface area contributed by atoms with Gasteiger partial charge in [-0.15, -0.1) is 0 Å². The zero-order valence-corrected chi connectivity index (χ0v) is 44.6. The molecule has 0 saturated carbocycles. The third-order valence-corrected chi connectivity index (χ3v) is 14.3. The molecule has 2 saturated heterocycles. The summed E-state index contributed by atoms with van der Waals surface area (Å²) >= 11 is 0. The van der Waals surface area contributed by atoms with E-state index in [1.165, 1.54) is 32.7 Å². The van der Waals surface area contributed by atoms with Gasteiger partial charge < -0.3 is 41.0 Å². The molecule has 2 fully saturated rings. The van der Waals surface area contributed by atoms with Crippen molar-refractivity contribution in [2.75, 3.05) is 97.2 Å². The normalized spacial score (nSPS) is 14.6. The molecule has 14 nitrogen and oxygen atoms in total. The molecule has 9 rings (SSSR count). The van der Waals surface area contributed by atoms with Gasteiger partial charge in [-0.3, -0.25) is 9.80 Å². The molecule has 0 radical (unpaired) electrons. The van der Waals surface area contributed by atoms with Crippen molar-refractivity contribution in [2.24, 2.45) is 5.73 Å². The molecule has 408 valence electrons. The van der Waals surface area contributed by atoms with E-state index in [1.54, 1.807) is 18.5 Å². The highest BCUT2D eigenvalue weighted by molar-refractivity contribution is 5.88. The second kappa shape index (κ2) is 30.7. The van der Waals surface area contributed by atoms with Gasteiger partial charge >= 0.3 is 12.1 Å². The average molecular weight is 1040 g/mol. The molecular weight excluding hydrogens is 961 g/mol. The summed E-state index contributed by atoms with van der Waals surface area (Å²) in [6, 6.07) is 47.7. The fourth-order valence-electron chi connectivity index (χ4n) is 10.0. The average Bonchev–Trinajstić information content (AvgIpc) is 3.46. The lowest BCUT2D eigenvalue weighted by Gasteiger charge is -2.29. The molecule has 7 aromatic rings. The van der Waals surface area contributed by atoms with Crippen molar-refractivity contribution in [3.63, 3.8) is 0 Å². The molecule has 77 heavy (non-hydrogen) atoms. The molecule has 2 aliphatic rings. The first-order chi connectivity index (χ1) is 37.3. The van der Waals surface area contributed by atoms with Gasteiger partial charge in [0.1, 0.15) is 0 Å². The summed E-state index contributed by atoms with van der Waals surface area (Å²) in [6.45, 7) is 17.0. The van der Waals surface area contributed by atoms with Crippen molar-refractivity contribution < 1.29 is 19.1 Å². The number of nitrogens with two attached hydrogens (primary N) is 1. The zero-order valence-electron chi connectivity index (χ0n) is 44.6. The summed E-state index contributed by atoms with van der Waals surface area (Å²) in [5, 5.41) is 14.5. The number of hydrogen-bond donors (Lipinski definition) is 4. The number of anilines is 1. The van der Waals surface area contributed by atoms with Gasteiger partial charge in [0.15, 0.2) is 0 Å². The van der Waals surface area contributed by atoms with Crippen LogP contribution in [0.5, 0.6) is 0 Å². The number of rotatable bonds is 22. The van der Waals surface area contributed by atoms with E-state index in [0.717, 1.165) is 120 Å². The Morgan fingerprint density at radius 1 is 0.558 bits per heavy atom. The Hall–Kier alpha value is -6.94. The smallest absolute Gasteiger partial charge is 0.318 e. The number of nitrogens with zero attached hydrogens (tertiary/aromatic N) is 6. The quantitative estimate of drug-likeness (QED) is 0.0516. The van der Waals surface area contributed by atoms with E-state index in [1.807, 2.05) is 34.1 Å². The number of fused-ring (bicyclic) bond motifs is 2. The van der Waals surface area contributed by atoms with Gasteiger partial charge in [-0.25, -0.2) is 19.6 Å². The van der Waals surface area contributed by atoms with E-state index in [0.29, 0.717) is 38.7 Å². The van der Waals surface area contributed by atoms with E-state index in [9.17, 15) is 9.59 Å². The van der Waals surface area contributed by atoms with E-state index in [-0.39, 0.29) is 31.6 Å². The van der Waals surface area contributed by atoms with E-state index < -0.39 is 0 Å². The summed E-state index contributed by atoms with van der Waals surface area (Å²) in [7, 11) is 0. The molecule has 0 unspecified atom stereocenters. The van der Waals surface area contributed by atoms with Gasteiger partial charge in [0.05, 0.1) is 38.5 Å². The first kappa shape index (κ1) is 57.8. The third kappa shape index (κ3) is 17.8. The van der Waals surface area contributed by atoms with Crippen molar-refractivity contribution in [2.45, 2.75) is 72.1 Å². The van der Waals surface area contributed by atoms with Crippen LogP contribution in [0.25, 0.3) is 21.5 Å². The maximum absolute atomic E-state index is 13.7. The molecule has 14 heteroatoms. The van der Waals surface area contributed by atoms with Crippen LogP contribution in [0.1, 0.15) is 79.6 Å². The molecule has 4 amide bonds. The number of nitrogens with one attached hydrogen (secondary N) is 3. The van der Waals surface area contributed by atoms with E-state index in [4.69, 9.17) is 15.2 Å². The van der Waals surface area contributed by atoms with Gasteiger partial charge in [-0.1, -0.05) is 141 Å². The molecule has 6 aromatic carbocycles. The monoisotopic (exact) mass is 1040 g/mol. The summed E-state index contributed by atoms with van der Waals surface area (Å²) < 4.78 is 11.0. The molecule has 3 heterocycles. The first-order valence-corrected chi connectivity index (χ1v) is 27.3. The molecule has 0 aliphatic carbocycles. The number of amides is 4. The standard InChI is InChI=1S/C33H40N6O2.C29H38N4O2.CH4/c1-26(30-10-4-8-29-7-2-3-9-31(29)30)37-33(40)39(20-6-19-38-21-23-41-24-22-38)25-28-13-11-27(12-14-28)15-18-36-32-34-16-5-17-35-32;1-23(27-9-4-7-26-6-2-3-8-28(26)27)31-29(34)33(17-5-16-32-18-20-35-21-19-32)22-25-12-10-24(11-13-25)14-15-30;/h2-5,7-14,16-17,26H,6,15,18-25H2,1H3,(H,37,40)(H,34,35,36);2-4,6-13,23H,5,14-22,30H2,1H3,(H,31,34);1H4/t26-;23-;/m00./s1. The van der Waals surface area contributed by atoms with Crippen molar-refractivity contribution in [3.05, 3.63) is 185 Å². The Bertz CT molecular complexity index is 2830. The highest BCUT2D eigenvalue weighted by Crippen LogP contribution is 2.26. The number of carbonyl (C=O) groups is 2. The highest BCUT2D eigenvalue weighted by Gasteiger charge is 2.22. The molecule has 0 bridgehead atoms. The second-order valence-corrected chi connectivity index (χ2v) is 19.9. The van der Waals surface area contributed by atoms with Crippen LogP contribution in [0, 0.1) is 0 Å². The van der Waals surface area contributed by atoms with Gasteiger partial charge in [0.25, 0.3) is 0 Å². The SMILES string of the molecule is C.C[C@H](NC(=O)N(CCCN1CCOCC1)Cc1ccc(CCN)cc1)c1cccc2ccccc12.C[C@H](NC(=O)N(CCCN1CCOCC1)Cc1ccc(CCNc2ncccn2)cc1)c1cccc2ccccc12. The van der Waals surface area contributed by atoms with Crippen LogP contribution < -0.4 is 21.7 Å². The van der Waals surface area contributed by atoms with Gasteiger partial charge in [0, 0.05) is 84.4 Å². The lowest BCUT2D eigenvalue weighted by molar-refractivity contribution is 0.0364. The van der Waals surface area contributed by atoms with Crippen LogP contribution in [0.4, 0.5) is 15.5 Å². The molecule has 0 spiro atoms. The Morgan fingerprint density at radius 3 is 1.43 bits per heavy atom. The second-order valence-electron chi connectivity index (χ2n) is 19.9. The van der Waals surface area contributed by atoms with Gasteiger partial charge in [-0.2, -0.15) is 0 Å². The van der Waals surface area contributed by atoms with Crippen LogP contribution in [-0.4, -0.2) is 134 Å². The van der Waals surface area contributed by atoms with Gasteiger partial charge in [0.2, 0.25) is 5.95 Å². The Morgan fingerprint density at radius 2 is 0.974 bits per heavy atom. The number of carbonyl (C=O) groups excluding carboxylic acids is 2. The predicted molar refractivity (Wildman–Crippen MR) is 313 cm³/mol. The summed E-state index contributed by atoms with van der Waals surface area (Å²) in [5.74, 6) is 0.639. The number of aromatic nitrogens is 2. The lowest BCUT2D eigenvalue weighted by atomic mass is 10.00. The highest BCUT2D eigenvalue weighted by atomic mass is 16.5. The Balaban J connectivity index is 0.000000224. The minimum absolute atomic E-state index is 0. The molecule has 2 atom stereocenters. The summed E-state index contributed by atoms with van der Waals surface area (Å²) in [5.41, 5.74) is 12.7. The van der Waals surface area contributed by atoms with Crippen molar-refractivity contribution in [1.29, 1.82) is 0 Å². The Kier molecular flexibility index (Phi) is 23.0. The van der Waals surface area contributed by atoms with Crippen molar-refractivity contribution >= 4 is 39.6 Å². The number of urea groups is 2. The maximum atomic E-state index is 13.7.